The van der Waals surface area contributed by atoms with Gasteiger partial charge in [0.2, 0.25) is 0 Å². The number of esters is 1. The number of ether oxygens (including phenoxy) is 2. The zero-order valence-electron chi connectivity index (χ0n) is 17.3. The molecule has 0 spiro atoms. The number of hydrogen-bond acceptors (Lipinski definition) is 3. The third-order valence-corrected chi connectivity index (χ3v) is 6.72. The quantitative estimate of drug-likeness (QED) is 0.314. The third kappa shape index (κ3) is 2.12. The molecule has 0 N–H and O–H groups in total. The van der Waals surface area contributed by atoms with E-state index in [4.69, 9.17) is 9.47 Å². The fraction of sp³-hybridized carbons (Fsp3) is 0.0690. The number of benzene rings is 4. The first kappa shape index (κ1) is 18.6. The molecule has 3 heteroatoms. The van der Waals surface area contributed by atoms with Crippen LogP contribution in [0.1, 0.15) is 22.3 Å². The highest BCUT2D eigenvalue weighted by Gasteiger charge is 2.69. The largest absolute Gasteiger partial charge is 0.461 e. The van der Waals surface area contributed by atoms with Gasteiger partial charge in [-0.15, -0.1) is 0 Å². The van der Waals surface area contributed by atoms with Crippen molar-refractivity contribution >= 4 is 5.97 Å². The summed E-state index contributed by atoms with van der Waals surface area (Å²) < 4.78 is 12.3. The normalized spacial score (nSPS) is 23.2. The van der Waals surface area contributed by atoms with Crippen molar-refractivity contribution in [1.82, 2.24) is 0 Å². The molecule has 2 atom stereocenters. The van der Waals surface area contributed by atoms with Gasteiger partial charge in [0, 0.05) is 11.1 Å². The predicted molar refractivity (Wildman–Crippen MR) is 123 cm³/mol. The summed E-state index contributed by atoms with van der Waals surface area (Å²) in [6, 6.07) is 35.4. The molecule has 3 nitrogen and oxygen atoms in total. The smallest absolute Gasteiger partial charge is 0.328 e. The molecule has 0 saturated carbocycles. The summed E-state index contributed by atoms with van der Waals surface area (Å²) in [5.41, 5.74) is 1.23. The van der Waals surface area contributed by atoms with Gasteiger partial charge in [0.1, 0.15) is 28.1 Å². The van der Waals surface area contributed by atoms with Crippen LogP contribution < -0.4 is 9.47 Å². The topological polar surface area (TPSA) is 35.5 Å². The van der Waals surface area contributed by atoms with Crippen molar-refractivity contribution in [3.63, 3.8) is 0 Å². The van der Waals surface area contributed by atoms with E-state index < -0.39 is 10.8 Å². The molecule has 2 aliphatic rings. The zero-order valence-corrected chi connectivity index (χ0v) is 17.3. The molecule has 2 heterocycles. The lowest BCUT2D eigenvalue weighted by atomic mass is 9.52. The molecule has 2 unspecified atom stereocenters. The van der Waals surface area contributed by atoms with Gasteiger partial charge in [0.05, 0.1) is 0 Å². The van der Waals surface area contributed by atoms with Gasteiger partial charge < -0.3 is 9.47 Å². The maximum Gasteiger partial charge on any atom is 0.328 e. The van der Waals surface area contributed by atoms with E-state index in [1.165, 1.54) is 0 Å². The Morgan fingerprint density at radius 2 is 0.969 bits per heavy atom. The van der Waals surface area contributed by atoms with Gasteiger partial charge >= 0.3 is 5.97 Å². The van der Waals surface area contributed by atoms with E-state index in [2.05, 4.69) is 6.58 Å². The van der Waals surface area contributed by atoms with Crippen molar-refractivity contribution in [3.05, 3.63) is 144 Å². The molecule has 4 aromatic carbocycles. The van der Waals surface area contributed by atoms with Gasteiger partial charge in [-0.25, -0.2) is 0 Å². The molecule has 32 heavy (non-hydrogen) atoms. The number of allylic oxidation sites excluding steroid dienone is 1. The average Bonchev–Trinajstić information content (AvgIpc) is 3.31. The lowest BCUT2D eigenvalue weighted by Gasteiger charge is -2.44. The molecule has 0 aliphatic carbocycles. The number of rotatable bonds is 3. The van der Waals surface area contributed by atoms with Gasteiger partial charge in [-0.1, -0.05) is 104 Å². The van der Waals surface area contributed by atoms with Gasteiger partial charge in [0.15, 0.2) is 0 Å². The van der Waals surface area contributed by atoms with E-state index in [9.17, 15) is 4.79 Å². The monoisotopic (exact) mass is 416 g/mol. The molecule has 0 saturated heterocycles. The van der Waals surface area contributed by atoms with Gasteiger partial charge in [0.25, 0.3) is 0 Å². The van der Waals surface area contributed by atoms with Crippen LogP contribution in [-0.4, -0.2) is 5.97 Å². The van der Waals surface area contributed by atoms with Crippen molar-refractivity contribution in [2.45, 2.75) is 10.8 Å². The summed E-state index contributed by atoms with van der Waals surface area (Å²) in [7, 11) is 0. The van der Waals surface area contributed by atoms with E-state index in [1.807, 2.05) is 109 Å². The number of carbonyl (C=O) groups excluding carboxylic acids is 1. The molecule has 0 amide bonds. The Morgan fingerprint density at radius 3 is 1.56 bits per heavy atom. The van der Waals surface area contributed by atoms with Crippen molar-refractivity contribution in [1.29, 1.82) is 0 Å². The minimum absolute atomic E-state index is 0.338. The summed E-state index contributed by atoms with van der Waals surface area (Å²) in [5.74, 6) is 1.43. The Kier molecular flexibility index (Phi) is 3.90. The van der Waals surface area contributed by atoms with Crippen molar-refractivity contribution in [3.8, 4) is 11.5 Å². The van der Waals surface area contributed by atoms with Gasteiger partial charge in [-0.2, -0.15) is 0 Å². The first-order valence-electron chi connectivity index (χ1n) is 10.6. The third-order valence-electron chi connectivity index (χ3n) is 6.72. The Balaban J connectivity index is 1.85. The minimum Gasteiger partial charge on any atom is -0.461 e. The Hall–Kier alpha value is -4.11. The minimum atomic E-state index is -1.21. The molecule has 0 aromatic heterocycles. The highest BCUT2D eigenvalue weighted by molar-refractivity contribution is 5.99. The van der Waals surface area contributed by atoms with E-state index in [-0.39, 0.29) is 5.97 Å². The van der Waals surface area contributed by atoms with Crippen LogP contribution in [0.2, 0.25) is 0 Å². The van der Waals surface area contributed by atoms with Crippen LogP contribution in [0.25, 0.3) is 0 Å². The van der Waals surface area contributed by atoms with Gasteiger partial charge in [-0.05, 0) is 23.3 Å². The SMILES string of the molecule is C=C1Oc2ccccc2C1(c1ccccc1)C1(c2ccccc2)C(=O)Oc2ccccc21. The van der Waals surface area contributed by atoms with E-state index in [0.29, 0.717) is 17.3 Å². The molecule has 0 bridgehead atoms. The highest BCUT2D eigenvalue weighted by atomic mass is 16.5. The van der Waals surface area contributed by atoms with E-state index in [1.54, 1.807) is 0 Å². The van der Waals surface area contributed by atoms with E-state index in [0.717, 1.165) is 22.3 Å². The van der Waals surface area contributed by atoms with Crippen LogP contribution >= 0.6 is 0 Å². The van der Waals surface area contributed by atoms with Crippen LogP contribution in [0, 0.1) is 0 Å². The Bertz CT molecular complexity index is 1250. The van der Waals surface area contributed by atoms with Crippen LogP contribution in [0.5, 0.6) is 11.5 Å². The summed E-state index contributed by atoms with van der Waals surface area (Å²) in [5, 5.41) is 0. The maximum absolute atomic E-state index is 14.2. The fourth-order valence-corrected chi connectivity index (χ4v) is 5.54. The molecule has 2 aliphatic heterocycles. The lowest BCUT2D eigenvalue weighted by molar-refractivity contribution is -0.138. The fourth-order valence-electron chi connectivity index (χ4n) is 5.54. The van der Waals surface area contributed by atoms with Crippen molar-refractivity contribution < 1.29 is 14.3 Å². The maximum atomic E-state index is 14.2. The first-order valence-corrected chi connectivity index (χ1v) is 10.6. The number of fused-ring (bicyclic) bond motifs is 2. The first-order chi connectivity index (χ1) is 15.7. The van der Waals surface area contributed by atoms with Crippen molar-refractivity contribution in [2.24, 2.45) is 0 Å². The standard InChI is InChI=1S/C29H20O3/c1-20-28(21-12-4-2-5-13-21,23-16-8-10-18-25(23)31-20)29(22-14-6-3-7-15-22)24-17-9-11-19-26(24)32-27(29)30/h2-19H,1H2. The Morgan fingerprint density at radius 1 is 0.531 bits per heavy atom. The number of carbonyl (C=O) groups is 1. The molecular formula is C29H20O3. The summed E-state index contributed by atoms with van der Waals surface area (Å²) in [6.45, 7) is 4.39. The highest BCUT2D eigenvalue weighted by Crippen LogP contribution is 2.64. The molecule has 154 valence electrons. The van der Waals surface area contributed by atoms with Gasteiger partial charge in [-0.3, -0.25) is 4.79 Å². The predicted octanol–water partition coefficient (Wildman–Crippen LogP) is 5.78. The molecule has 4 aromatic rings. The zero-order chi connectivity index (χ0) is 21.8. The second-order valence-electron chi connectivity index (χ2n) is 8.14. The Labute approximate surface area is 186 Å². The molecule has 0 fully saturated rings. The molecule has 6 rings (SSSR count). The molecular weight excluding hydrogens is 396 g/mol. The molecule has 0 radical (unpaired) electrons. The van der Waals surface area contributed by atoms with Crippen LogP contribution in [0.3, 0.4) is 0 Å². The van der Waals surface area contributed by atoms with Crippen LogP contribution in [-0.2, 0) is 15.6 Å². The number of hydrogen-bond donors (Lipinski definition) is 0. The van der Waals surface area contributed by atoms with Crippen LogP contribution in [0.4, 0.5) is 0 Å². The van der Waals surface area contributed by atoms with Crippen molar-refractivity contribution in [2.75, 3.05) is 0 Å². The average molecular weight is 416 g/mol. The summed E-state index contributed by atoms with van der Waals surface area (Å²) >= 11 is 0. The van der Waals surface area contributed by atoms with Crippen LogP contribution in [0.15, 0.2) is 122 Å². The van der Waals surface area contributed by atoms with E-state index >= 15 is 0 Å². The number of para-hydroxylation sites is 2. The summed E-state index contributed by atoms with van der Waals surface area (Å²) in [4.78, 5) is 14.2. The summed E-state index contributed by atoms with van der Waals surface area (Å²) in [6.07, 6.45) is 0. The lowest BCUT2D eigenvalue weighted by Crippen LogP contribution is -2.55. The second-order valence-corrected chi connectivity index (χ2v) is 8.14. The second kappa shape index (κ2) is 6.69.